The fraction of sp³-hybridized carbons (Fsp3) is 0.122. The minimum atomic E-state index is -1.12. The zero-order chi connectivity index (χ0) is 69.3. The van der Waals surface area contributed by atoms with Gasteiger partial charge in [0.25, 0.3) is 23.6 Å². The maximum Gasteiger partial charge on any atom is 2.00 e. The van der Waals surface area contributed by atoms with Gasteiger partial charge >= 0.3 is 21.7 Å². The van der Waals surface area contributed by atoms with Crippen molar-refractivity contribution in [2.45, 2.75) is 66.2 Å². The first-order chi connectivity index (χ1) is 47.2. The molecule has 0 saturated carbocycles. The average Bonchev–Trinajstić information content (AvgIpc) is 1.59. The van der Waals surface area contributed by atoms with E-state index in [0.29, 0.717) is 24.0 Å². The third-order valence-electron chi connectivity index (χ3n) is 16.8. The number of hydrogen-bond donors (Lipinski definition) is 4. The van der Waals surface area contributed by atoms with E-state index in [-0.39, 0.29) is 92.4 Å². The number of hydrogen-bond acceptors (Lipinski definition) is 4. The van der Waals surface area contributed by atoms with Crippen LogP contribution in [0.3, 0.4) is 0 Å². The quantitative estimate of drug-likeness (QED) is 0.0389. The van der Waals surface area contributed by atoms with Gasteiger partial charge < -0.3 is 21.3 Å². The number of rotatable bonds is 18. The number of anilines is 4. The number of carbonyl (C=O) groups is 4. The number of halogens is 8. The Bertz CT molecular complexity index is 4590. The van der Waals surface area contributed by atoms with Gasteiger partial charge in [-0.15, -0.1) is 11.1 Å². The minimum Gasteiger partial charge on any atom is -0.373 e. The maximum absolute atomic E-state index is 15.8. The third kappa shape index (κ3) is 16.6. The van der Waals surface area contributed by atoms with Gasteiger partial charge in [-0.1, -0.05) is 191 Å². The Morgan fingerprint density at radius 3 is 0.838 bits per heavy atom. The van der Waals surface area contributed by atoms with Crippen LogP contribution >= 0.6 is 0 Å². The fourth-order valence-electron chi connectivity index (χ4n) is 11.5. The van der Waals surface area contributed by atoms with Crippen molar-refractivity contribution in [3.8, 4) is 0 Å². The molecule has 8 nitrogen and oxygen atoms in total. The molecule has 0 fully saturated rings. The van der Waals surface area contributed by atoms with Crippen LogP contribution < -0.4 is 21.3 Å². The van der Waals surface area contributed by atoms with Crippen molar-refractivity contribution < 1.29 is 76.0 Å². The number of nitrogens with one attached hydrogen (secondary N) is 4. The van der Waals surface area contributed by atoms with Crippen LogP contribution in [-0.2, 0) is 47.4 Å². The Morgan fingerprint density at radius 2 is 0.596 bits per heavy atom. The predicted octanol–water partition coefficient (Wildman–Crippen LogP) is 19.4. The molecule has 99 heavy (non-hydrogen) atoms. The number of aryl methyl sites for hydroxylation is 4. The van der Waals surface area contributed by atoms with Crippen molar-refractivity contribution in [1.82, 2.24) is 0 Å². The average molecular weight is 1370 g/mol. The van der Waals surface area contributed by atoms with Crippen LogP contribution in [0.4, 0.5) is 57.9 Å². The summed E-state index contributed by atoms with van der Waals surface area (Å²) in [5.41, 5.74) is 6.36. The molecule has 10 aromatic carbocycles. The summed E-state index contributed by atoms with van der Waals surface area (Å²) in [6.45, 7) is 7.68. The molecule has 0 saturated heterocycles. The molecule has 0 unspecified atom stereocenters. The molecule has 0 radical (unpaired) electrons. The molecule has 494 valence electrons. The Balaban J connectivity index is 0.000000212. The minimum absolute atomic E-state index is 0. The molecule has 0 aromatic heterocycles. The molecular formula is C82H62F8N4O4Ti. The SMILES string of the molecule is Cc1ccc(Cc2ccc(F)c(C(=O)Nc3[c-]ccc(C4=CC=CC4)c3NC(=O)c3c(F)ccc(Cc4ccc(C)cc4)c3F)c2F)cc1.Cc1ccc(Cc2ccc(F)c(C(=O)Nc3[c-]ccc(C4=CC=CC4)c3NC(=O)c3c(F)ccc(Cc4ccc(C)cc4)c3F)c2F)cc1.[Ti+2]. The van der Waals surface area contributed by atoms with Crippen LogP contribution in [-0.4, -0.2) is 23.6 Å². The fourth-order valence-corrected chi connectivity index (χ4v) is 11.5. The second-order valence-electron chi connectivity index (χ2n) is 24.0. The van der Waals surface area contributed by atoms with E-state index in [1.165, 1.54) is 36.4 Å². The smallest absolute Gasteiger partial charge is 0.373 e. The summed E-state index contributed by atoms with van der Waals surface area (Å²) >= 11 is 0. The second kappa shape index (κ2) is 31.6. The molecule has 4 N–H and O–H groups in total. The molecule has 2 aliphatic rings. The molecule has 0 spiro atoms. The maximum atomic E-state index is 15.8. The first-order valence-electron chi connectivity index (χ1n) is 31.3. The van der Waals surface area contributed by atoms with Gasteiger partial charge in [-0.3, -0.25) is 19.2 Å². The molecule has 12 rings (SSSR count). The van der Waals surface area contributed by atoms with Gasteiger partial charge in [-0.05, 0) is 132 Å². The van der Waals surface area contributed by atoms with Crippen molar-refractivity contribution in [2.24, 2.45) is 0 Å². The Kier molecular flexibility index (Phi) is 22.7. The Labute approximate surface area is 582 Å². The number of amides is 4. The molecule has 0 aliphatic heterocycles. The van der Waals surface area contributed by atoms with E-state index in [2.05, 4.69) is 33.4 Å². The van der Waals surface area contributed by atoms with E-state index in [4.69, 9.17) is 0 Å². The van der Waals surface area contributed by atoms with Crippen LogP contribution in [0, 0.1) is 86.4 Å². The van der Waals surface area contributed by atoms with Gasteiger partial charge in [0.15, 0.2) is 0 Å². The van der Waals surface area contributed by atoms with Crippen LogP contribution in [0.2, 0.25) is 0 Å². The van der Waals surface area contributed by atoms with E-state index in [0.717, 1.165) is 79.9 Å². The zero-order valence-electron chi connectivity index (χ0n) is 54.0. The van der Waals surface area contributed by atoms with E-state index >= 15 is 35.1 Å². The van der Waals surface area contributed by atoms with Crippen molar-refractivity contribution in [3.05, 3.63) is 365 Å². The molecule has 0 heterocycles. The van der Waals surface area contributed by atoms with Crippen LogP contribution in [0.5, 0.6) is 0 Å². The molecular weight excluding hydrogens is 1300 g/mol. The van der Waals surface area contributed by atoms with Crippen molar-refractivity contribution in [1.29, 1.82) is 0 Å². The summed E-state index contributed by atoms with van der Waals surface area (Å²) in [5.74, 6) is -12.9. The largest absolute Gasteiger partial charge is 2.00 e. The first-order valence-corrected chi connectivity index (χ1v) is 31.3. The molecule has 2 aliphatic carbocycles. The molecule has 10 aromatic rings. The van der Waals surface area contributed by atoms with Gasteiger partial charge in [-0.2, -0.15) is 36.4 Å². The monoisotopic (exact) mass is 1370 g/mol. The topological polar surface area (TPSA) is 116 Å². The van der Waals surface area contributed by atoms with E-state index < -0.39 is 92.4 Å². The van der Waals surface area contributed by atoms with E-state index in [1.807, 2.05) is 137 Å². The standard InChI is InChI=1S/2C41H31F4N2O2.Ti/c2*1-24-10-14-26(15-11-24)22-29-18-20-32(42)35(37(29)44)40(48)46-34-9-5-8-31(28-6-3-4-7-28)39(34)47-41(49)36-33(43)21-19-30(38(36)45)23-27-16-12-25(2)13-17-27;/h2*3-6,8,10-21H,7,22-23H2,1-2H3,(H,46,48)(H,47,49);/q2*-1;+2. The Morgan fingerprint density at radius 1 is 0.343 bits per heavy atom. The molecule has 4 amide bonds. The number of carbonyl (C=O) groups excluding carboxylic acids is 4. The zero-order valence-corrected chi connectivity index (χ0v) is 55.6. The summed E-state index contributed by atoms with van der Waals surface area (Å²) in [5, 5.41) is 10.1. The van der Waals surface area contributed by atoms with Gasteiger partial charge in [-0.25, -0.2) is 35.1 Å². The Hall–Kier alpha value is -10.8. The summed E-state index contributed by atoms with van der Waals surface area (Å²) in [6.07, 6.45) is 12.3. The predicted molar refractivity (Wildman–Crippen MR) is 367 cm³/mol. The van der Waals surface area contributed by atoms with Gasteiger partial charge in [0.1, 0.15) is 68.8 Å². The van der Waals surface area contributed by atoms with Crippen molar-refractivity contribution in [2.75, 3.05) is 21.3 Å². The van der Waals surface area contributed by atoms with Crippen LogP contribution in [0.25, 0.3) is 11.1 Å². The molecule has 0 atom stereocenters. The second-order valence-corrected chi connectivity index (χ2v) is 24.0. The van der Waals surface area contributed by atoms with Gasteiger partial charge in [0, 0.05) is 25.7 Å². The summed E-state index contributed by atoms with van der Waals surface area (Å²) < 4.78 is 123. The van der Waals surface area contributed by atoms with Gasteiger partial charge in [0.05, 0.1) is 0 Å². The summed E-state index contributed by atoms with van der Waals surface area (Å²) in [4.78, 5) is 54.4. The first kappa shape index (κ1) is 71.0. The van der Waals surface area contributed by atoms with E-state index in [9.17, 15) is 19.2 Å². The molecule has 0 bridgehead atoms. The summed E-state index contributed by atoms with van der Waals surface area (Å²) in [7, 11) is 0. The third-order valence-corrected chi connectivity index (χ3v) is 16.8. The van der Waals surface area contributed by atoms with Crippen LogP contribution in [0.15, 0.2) is 206 Å². The summed E-state index contributed by atoms with van der Waals surface area (Å²) in [6, 6.07) is 50.6. The van der Waals surface area contributed by atoms with Gasteiger partial charge in [0.2, 0.25) is 0 Å². The van der Waals surface area contributed by atoms with E-state index in [1.54, 1.807) is 36.4 Å². The van der Waals surface area contributed by atoms with Crippen LogP contribution in [0.1, 0.15) is 132 Å². The van der Waals surface area contributed by atoms with Crippen molar-refractivity contribution in [3.63, 3.8) is 0 Å². The normalized spacial score (nSPS) is 12.0. The number of allylic oxidation sites excluding steroid dienone is 8. The van der Waals surface area contributed by atoms with Crippen molar-refractivity contribution >= 4 is 57.5 Å². The number of benzene rings is 10. The molecule has 17 heteroatoms.